The van der Waals surface area contributed by atoms with Gasteiger partial charge >= 0.3 is 0 Å². The molecule has 0 radical (unpaired) electrons. The van der Waals surface area contributed by atoms with Crippen molar-refractivity contribution in [1.29, 1.82) is 0 Å². The number of thiazole rings is 1. The van der Waals surface area contributed by atoms with E-state index in [1.54, 1.807) is 0 Å². The second-order valence-electron chi connectivity index (χ2n) is 6.56. The van der Waals surface area contributed by atoms with Gasteiger partial charge in [-0.05, 0) is 29.4 Å². The second kappa shape index (κ2) is 6.29. The topological polar surface area (TPSA) is 24.9 Å². The number of hydrogen-bond acceptors (Lipinski definition) is 3. The van der Waals surface area contributed by atoms with E-state index in [1.807, 2.05) is 17.5 Å². The van der Waals surface area contributed by atoms with E-state index < -0.39 is 0 Å². The van der Waals surface area contributed by atoms with Gasteiger partial charge in [0.15, 0.2) is 0 Å². The van der Waals surface area contributed by atoms with E-state index in [-0.39, 0.29) is 0 Å². The minimum atomic E-state index is 0.483. The van der Waals surface area contributed by atoms with Crippen molar-refractivity contribution in [1.82, 2.24) is 10.3 Å². The van der Waals surface area contributed by atoms with Crippen LogP contribution in [-0.4, -0.2) is 4.98 Å². The van der Waals surface area contributed by atoms with Gasteiger partial charge in [-0.25, -0.2) is 4.98 Å². The summed E-state index contributed by atoms with van der Waals surface area (Å²) in [5.41, 5.74) is 2.99. The van der Waals surface area contributed by atoms with Crippen LogP contribution >= 0.6 is 11.3 Å². The van der Waals surface area contributed by atoms with Crippen LogP contribution in [-0.2, 0) is 19.4 Å². The van der Waals surface area contributed by atoms with E-state index in [0.29, 0.717) is 17.9 Å². The Kier molecular flexibility index (Phi) is 4.41. The number of nitrogens with zero attached hydrogens (tertiary/aromatic N) is 1. The lowest BCUT2D eigenvalue weighted by Crippen LogP contribution is -2.23. The first-order chi connectivity index (χ1) is 10.1. The molecule has 1 N–H and O–H groups in total. The van der Waals surface area contributed by atoms with E-state index in [2.05, 4.69) is 55.3 Å². The van der Waals surface area contributed by atoms with Gasteiger partial charge < -0.3 is 5.32 Å². The number of hydrogen-bond donors (Lipinski definition) is 1. The van der Waals surface area contributed by atoms with E-state index in [4.69, 9.17) is 0 Å². The van der Waals surface area contributed by atoms with Gasteiger partial charge in [0.1, 0.15) is 0 Å². The van der Waals surface area contributed by atoms with Crippen LogP contribution in [0, 0.1) is 11.8 Å². The van der Waals surface area contributed by atoms with Crippen molar-refractivity contribution >= 4 is 11.3 Å². The smallest absolute Gasteiger partial charge is 0.0930 e. The highest BCUT2D eigenvalue weighted by atomic mass is 32.1. The van der Waals surface area contributed by atoms with Crippen molar-refractivity contribution in [2.24, 2.45) is 11.8 Å². The van der Waals surface area contributed by atoms with Gasteiger partial charge in [-0.2, -0.15) is 0 Å². The molecule has 0 bridgehead atoms. The van der Waals surface area contributed by atoms with Crippen molar-refractivity contribution in [2.75, 3.05) is 0 Å². The van der Waals surface area contributed by atoms with Crippen LogP contribution in [0.4, 0.5) is 0 Å². The van der Waals surface area contributed by atoms with E-state index in [9.17, 15) is 0 Å². The average molecular weight is 300 g/mol. The molecule has 2 nitrogen and oxygen atoms in total. The third-order valence-corrected chi connectivity index (χ3v) is 5.20. The molecule has 1 heterocycles. The molecule has 2 atom stereocenters. The molecular weight excluding hydrogens is 276 g/mol. The molecule has 0 saturated carbocycles. The van der Waals surface area contributed by atoms with Gasteiger partial charge in [-0.3, -0.25) is 0 Å². The van der Waals surface area contributed by atoms with Gasteiger partial charge in [-0.15, -0.1) is 11.3 Å². The Morgan fingerprint density at radius 1 is 1.33 bits per heavy atom. The molecule has 21 heavy (non-hydrogen) atoms. The van der Waals surface area contributed by atoms with Gasteiger partial charge in [0.05, 0.1) is 5.01 Å². The number of fused-ring (bicyclic) bond motifs is 1. The maximum Gasteiger partial charge on any atom is 0.0930 e. The van der Waals surface area contributed by atoms with Crippen LogP contribution in [0.2, 0.25) is 0 Å². The highest BCUT2D eigenvalue weighted by molar-refractivity contribution is 7.11. The van der Waals surface area contributed by atoms with Crippen LogP contribution in [0.3, 0.4) is 0 Å². The Morgan fingerprint density at radius 3 is 2.95 bits per heavy atom. The monoisotopic (exact) mass is 300 g/mol. The molecule has 0 saturated heterocycles. The maximum absolute atomic E-state index is 4.54. The summed E-state index contributed by atoms with van der Waals surface area (Å²) in [5.74, 6) is 1.35. The average Bonchev–Trinajstić information content (AvgIpc) is 2.99. The van der Waals surface area contributed by atoms with Gasteiger partial charge in [0, 0.05) is 30.1 Å². The molecular formula is C18H24N2S. The summed E-state index contributed by atoms with van der Waals surface area (Å²) in [7, 11) is 0. The zero-order valence-corrected chi connectivity index (χ0v) is 13.9. The molecule has 1 aliphatic rings. The maximum atomic E-state index is 4.54. The fraction of sp³-hybridized carbons (Fsp3) is 0.500. The number of aromatic nitrogens is 1. The van der Waals surface area contributed by atoms with Crippen LogP contribution in [0.1, 0.15) is 47.8 Å². The summed E-state index contributed by atoms with van der Waals surface area (Å²) in [6.07, 6.45) is 4.32. The van der Waals surface area contributed by atoms with Gasteiger partial charge in [0.2, 0.25) is 0 Å². The predicted octanol–water partition coefficient (Wildman–Crippen LogP) is 4.36. The highest BCUT2D eigenvalue weighted by Gasteiger charge is 2.28. The lowest BCUT2D eigenvalue weighted by atomic mass is 10.0. The Bertz CT molecular complexity index is 603. The minimum Gasteiger partial charge on any atom is -0.305 e. The molecule has 112 valence electrons. The molecule has 1 aromatic carbocycles. The van der Waals surface area contributed by atoms with Gasteiger partial charge in [0.25, 0.3) is 0 Å². The Hall–Kier alpha value is -1.19. The molecule has 3 rings (SSSR count). The lowest BCUT2D eigenvalue weighted by molar-refractivity contribution is 0.416. The number of benzene rings is 1. The molecule has 1 aromatic heterocycles. The van der Waals surface area contributed by atoms with Crippen LogP contribution in [0.25, 0.3) is 0 Å². The fourth-order valence-corrected chi connectivity index (χ4v) is 4.28. The quantitative estimate of drug-likeness (QED) is 0.887. The van der Waals surface area contributed by atoms with E-state index >= 15 is 0 Å². The normalized spacial score (nSPS) is 21.0. The summed E-state index contributed by atoms with van der Waals surface area (Å²) in [5, 5.41) is 5.01. The second-order valence-corrected chi connectivity index (χ2v) is 7.76. The fourth-order valence-electron chi connectivity index (χ4n) is 3.19. The zero-order valence-electron chi connectivity index (χ0n) is 13.1. The molecule has 0 aliphatic heterocycles. The first-order valence-electron chi connectivity index (χ1n) is 7.88. The zero-order chi connectivity index (χ0) is 14.8. The van der Waals surface area contributed by atoms with Crippen molar-refractivity contribution < 1.29 is 0 Å². The standard InChI is InChI=1S/C18H24N2S/c1-12(2)8-17-19-10-15(21-17)11-20-18-13(3)9-14-6-4-5-7-16(14)18/h4-7,10,12-13,18,20H,8-9,11H2,1-3H3. The summed E-state index contributed by atoms with van der Waals surface area (Å²) < 4.78 is 0. The first-order valence-corrected chi connectivity index (χ1v) is 8.70. The molecule has 0 amide bonds. The minimum absolute atomic E-state index is 0.483. The molecule has 1 aliphatic carbocycles. The van der Waals surface area contributed by atoms with E-state index in [1.165, 1.54) is 27.4 Å². The van der Waals surface area contributed by atoms with Crippen molar-refractivity contribution in [3.8, 4) is 0 Å². The summed E-state index contributed by atoms with van der Waals surface area (Å²) >= 11 is 1.85. The van der Waals surface area contributed by atoms with Crippen molar-refractivity contribution in [2.45, 2.75) is 46.2 Å². The largest absolute Gasteiger partial charge is 0.305 e. The molecule has 2 unspecified atom stereocenters. The molecule has 0 spiro atoms. The Balaban J connectivity index is 1.64. The van der Waals surface area contributed by atoms with Crippen LogP contribution in [0.15, 0.2) is 30.5 Å². The number of nitrogens with one attached hydrogen (secondary N) is 1. The Labute approximate surface area is 131 Å². The SMILES string of the molecule is CC(C)Cc1ncc(CNC2c3ccccc3CC2C)s1. The van der Waals surface area contributed by atoms with Crippen LogP contribution < -0.4 is 5.32 Å². The molecule has 0 fully saturated rings. The van der Waals surface area contributed by atoms with E-state index in [0.717, 1.165) is 13.0 Å². The Morgan fingerprint density at radius 2 is 2.14 bits per heavy atom. The third kappa shape index (κ3) is 3.35. The van der Waals surface area contributed by atoms with Crippen molar-refractivity contribution in [3.05, 3.63) is 51.5 Å². The highest BCUT2D eigenvalue weighted by Crippen LogP contribution is 2.35. The summed E-state index contributed by atoms with van der Waals surface area (Å²) in [6.45, 7) is 7.76. The number of rotatable bonds is 5. The lowest BCUT2D eigenvalue weighted by Gasteiger charge is -2.18. The molecule has 2 aromatic rings. The van der Waals surface area contributed by atoms with Crippen molar-refractivity contribution in [3.63, 3.8) is 0 Å². The summed E-state index contributed by atoms with van der Waals surface area (Å²) in [4.78, 5) is 5.89. The molecule has 3 heteroatoms. The van der Waals surface area contributed by atoms with Gasteiger partial charge in [-0.1, -0.05) is 45.0 Å². The first kappa shape index (κ1) is 14.7. The summed E-state index contributed by atoms with van der Waals surface area (Å²) in [6, 6.07) is 9.32. The third-order valence-electron chi connectivity index (χ3n) is 4.18. The predicted molar refractivity (Wildman–Crippen MR) is 89.5 cm³/mol. The van der Waals surface area contributed by atoms with Crippen LogP contribution in [0.5, 0.6) is 0 Å².